The number of benzene rings is 2. The van der Waals surface area contributed by atoms with Crippen LogP contribution in [0.3, 0.4) is 0 Å². The molecule has 18 heavy (non-hydrogen) atoms. The smallest absolute Gasteiger partial charge is 0.142 e. The van der Waals surface area contributed by atoms with E-state index in [1.54, 1.807) is 7.11 Å². The SMILES string of the molecule is COc1cccc2cc(-c3ccc(Cl)cc3)[nH]c12. The summed E-state index contributed by atoms with van der Waals surface area (Å²) >= 11 is 5.90. The first-order chi connectivity index (χ1) is 8.78. The summed E-state index contributed by atoms with van der Waals surface area (Å²) < 4.78 is 5.34. The number of rotatable bonds is 2. The molecule has 0 fully saturated rings. The number of H-pyrrole nitrogens is 1. The molecule has 0 aliphatic rings. The van der Waals surface area contributed by atoms with E-state index < -0.39 is 0 Å². The first-order valence-corrected chi connectivity index (χ1v) is 6.07. The second-order valence-corrected chi connectivity index (χ2v) is 4.55. The summed E-state index contributed by atoms with van der Waals surface area (Å²) in [5.74, 6) is 0.854. The monoisotopic (exact) mass is 257 g/mol. The van der Waals surface area contributed by atoms with Gasteiger partial charge in [0.1, 0.15) is 5.75 Å². The van der Waals surface area contributed by atoms with E-state index in [4.69, 9.17) is 16.3 Å². The van der Waals surface area contributed by atoms with Crippen LogP contribution in [0.25, 0.3) is 22.2 Å². The highest BCUT2D eigenvalue weighted by atomic mass is 35.5. The van der Waals surface area contributed by atoms with E-state index in [1.165, 1.54) is 0 Å². The molecule has 0 unspecified atom stereocenters. The van der Waals surface area contributed by atoms with Crippen molar-refractivity contribution in [3.63, 3.8) is 0 Å². The lowest BCUT2D eigenvalue weighted by Crippen LogP contribution is -1.83. The number of halogens is 1. The van der Waals surface area contributed by atoms with Gasteiger partial charge >= 0.3 is 0 Å². The van der Waals surface area contributed by atoms with Gasteiger partial charge in [-0.25, -0.2) is 0 Å². The van der Waals surface area contributed by atoms with Gasteiger partial charge in [-0.15, -0.1) is 0 Å². The van der Waals surface area contributed by atoms with E-state index in [0.717, 1.165) is 32.9 Å². The molecule has 3 rings (SSSR count). The van der Waals surface area contributed by atoms with Gasteiger partial charge in [-0.1, -0.05) is 35.9 Å². The molecule has 2 nitrogen and oxygen atoms in total. The number of hydrogen-bond donors (Lipinski definition) is 1. The Hall–Kier alpha value is -1.93. The number of para-hydroxylation sites is 1. The Labute approximate surface area is 110 Å². The number of nitrogens with one attached hydrogen (secondary N) is 1. The maximum atomic E-state index is 5.90. The van der Waals surface area contributed by atoms with Crippen molar-refractivity contribution in [3.05, 3.63) is 53.6 Å². The third-order valence-corrected chi connectivity index (χ3v) is 3.25. The van der Waals surface area contributed by atoms with Crippen LogP contribution < -0.4 is 4.74 Å². The first-order valence-electron chi connectivity index (χ1n) is 5.69. The van der Waals surface area contributed by atoms with Gasteiger partial charge in [-0.2, -0.15) is 0 Å². The lowest BCUT2D eigenvalue weighted by atomic mass is 10.1. The summed E-state index contributed by atoms with van der Waals surface area (Å²) in [5.41, 5.74) is 3.19. The quantitative estimate of drug-likeness (QED) is 0.719. The van der Waals surface area contributed by atoms with Crippen molar-refractivity contribution in [2.45, 2.75) is 0 Å². The molecule has 3 heteroatoms. The second-order valence-electron chi connectivity index (χ2n) is 4.11. The van der Waals surface area contributed by atoms with Crippen molar-refractivity contribution in [1.82, 2.24) is 4.98 Å². The minimum Gasteiger partial charge on any atom is -0.495 e. The van der Waals surface area contributed by atoms with Gasteiger partial charge in [-0.3, -0.25) is 0 Å². The van der Waals surface area contributed by atoms with Crippen LogP contribution in [0.2, 0.25) is 5.02 Å². The Morgan fingerprint density at radius 1 is 1.06 bits per heavy atom. The Morgan fingerprint density at radius 3 is 2.56 bits per heavy atom. The standard InChI is InChI=1S/C15H12ClNO/c1-18-14-4-2-3-11-9-13(17-15(11)14)10-5-7-12(16)8-6-10/h2-9,17H,1H3. The normalized spacial score (nSPS) is 10.8. The molecule has 0 aliphatic heterocycles. The molecule has 0 radical (unpaired) electrons. The molecule has 0 bridgehead atoms. The number of methoxy groups -OCH3 is 1. The van der Waals surface area contributed by atoms with Gasteiger partial charge in [0.15, 0.2) is 0 Å². The highest BCUT2D eigenvalue weighted by Crippen LogP contribution is 2.30. The third-order valence-electron chi connectivity index (χ3n) is 2.99. The van der Waals surface area contributed by atoms with Gasteiger partial charge in [-0.05, 0) is 29.8 Å². The number of fused-ring (bicyclic) bond motifs is 1. The molecule has 2 aromatic carbocycles. The van der Waals surface area contributed by atoms with E-state index in [-0.39, 0.29) is 0 Å². The zero-order valence-electron chi connectivity index (χ0n) is 9.91. The summed E-state index contributed by atoms with van der Waals surface area (Å²) in [6.45, 7) is 0. The van der Waals surface area contributed by atoms with Gasteiger partial charge in [0.2, 0.25) is 0 Å². The lowest BCUT2D eigenvalue weighted by Gasteiger charge is -2.00. The Bertz CT molecular complexity index is 685. The fraction of sp³-hybridized carbons (Fsp3) is 0.0667. The van der Waals surface area contributed by atoms with Crippen LogP contribution in [-0.4, -0.2) is 12.1 Å². The van der Waals surface area contributed by atoms with Crippen LogP contribution in [0, 0.1) is 0 Å². The number of aromatic nitrogens is 1. The molecule has 0 spiro atoms. The van der Waals surface area contributed by atoms with E-state index in [9.17, 15) is 0 Å². The van der Waals surface area contributed by atoms with Crippen molar-refractivity contribution in [2.75, 3.05) is 7.11 Å². The maximum absolute atomic E-state index is 5.90. The zero-order chi connectivity index (χ0) is 12.5. The molecule has 1 heterocycles. The summed E-state index contributed by atoms with van der Waals surface area (Å²) in [4.78, 5) is 3.38. The predicted octanol–water partition coefficient (Wildman–Crippen LogP) is 4.50. The topological polar surface area (TPSA) is 25.0 Å². The Kier molecular flexibility index (Phi) is 2.73. The molecular weight excluding hydrogens is 246 g/mol. The van der Waals surface area contributed by atoms with E-state index in [1.807, 2.05) is 36.4 Å². The van der Waals surface area contributed by atoms with Gasteiger partial charge in [0.05, 0.1) is 12.6 Å². The van der Waals surface area contributed by atoms with Gasteiger partial charge in [0.25, 0.3) is 0 Å². The maximum Gasteiger partial charge on any atom is 0.142 e. The van der Waals surface area contributed by atoms with Crippen LogP contribution >= 0.6 is 11.6 Å². The largest absolute Gasteiger partial charge is 0.495 e. The molecule has 3 aromatic rings. The van der Waals surface area contributed by atoms with Crippen molar-refractivity contribution in [2.24, 2.45) is 0 Å². The molecule has 90 valence electrons. The molecule has 0 aliphatic carbocycles. The van der Waals surface area contributed by atoms with Crippen molar-refractivity contribution >= 4 is 22.5 Å². The fourth-order valence-corrected chi connectivity index (χ4v) is 2.21. The van der Waals surface area contributed by atoms with E-state index >= 15 is 0 Å². The predicted molar refractivity (Wildman–Crippen MR) is 75.3 cm³/mol. The first kappa shape index (κ1) is 11.2. The van der Waals surface area contributed by atoms with Crippen LogP contribution in [0.1, 0.15) is 0 Å². The van der Waals surface area contributed by atoms with Gasteiger partial charge < -0.3 is 9.72 Å². The average molecular weight is 258 g/mol. The molecule has 0 saturated carbocycles. The van der Waals surface area contributed by atoms with Crippen molar-refractivity contribution < 1.29 is 4.74 Å². The van der Waals surface area contributed by atoms with Crippen LogP contribution in [0.15, 0.2) is 48.5 Å². The Balaban J connectivity index is 2.16. The average Bonchev–Trinajstić information content (AvgIpc) is 2.83. The van der Waals surface area contributed by atoms with Gasteiger partial charge in [0, 0.05) is 16.1 Å². The minimum absolute atomic E-state index is 0.743. The molecule has 0 amide bonds. The number of hydrogen-bond acceptors (Lipinski definition) is 1. The number of ether oxygens (including phenoxy) is 1. The summed E-state index contributed by atoms with van der Waals surface area (Å²) in [6.07, 6.45) is 0. The fourth-order valence-electron chi connectivity index (χ4n) is 2.08. The molecular formula is C15H12ClNO. The molecule has 0 saturated heterocycles. The van der Waals surface area contributed by atoms with Crippen LogP contribution in [-0.2, 0) is 0 Å². The third kappa shape index (κ3) is 1.85. The minimum atomic E-state index is 0.743. The molecule has 0 atom stereocenters. The number of aromatic amines is 1. The van der Waals surface area contributed by atoms with E-state index in [2.05, 4.69) is 17.1 Å². The molecule has 1 N–H and O–H groups in total. The molecule has 1 aromatic heterocycles. The van der Waals surface area contributed by atoms with Crippen molar-refractivity contribution in [1.29, 1.82) is 0 Å². The van der Waals surface area contributed by atoms with Crippen LogP contribution in [0.5, 0.6) is 5.75 Å². The summed E-state index contributed by atoms with van der Waals surface area (Å²) in [6, 6.07) is 15.9. The summed E-state index contributed by atoms with van der Waals surface area (Å²) in [5, 5.41) is 1.88. The second kappa shape index (κ2) is 4.39. The van der Waals surface area contributed by atoms with Crippen LogP contribution in [0.4, 0.5) is 0 Å². The zero-order valence-corrected chi connectivity index (χ0v) is 10.7. The highest BCUT2D eigenvalue weighted by molar-refractivity contribution is 6.30. The lowest BCUT2D eigenvalue weighted by molar-refractivity contribution is 0.419. The van der Waals surface area contributed by atoms with Crippen molar-refractivity contribution in [3.8, 4) is 17.0 Å². The highest BCUT2D eigenvalue weighted by Gasteiger charge is 2.06. The van der Waals surface area contributed by atoms with E-state index in [0.29, 0.717) is 0 Å². The Morgan fingerprint density at radius 2 is 1.83 bits per heavy atom. The summed E-state index contributed by atoms with van der Waals surface area (Å²) in [7, 11) is 1.68.